The summed E-state index contributed by atoms with van der Waals surface area (Å²) in [7, 11) is 0. The van der Waals surface area contributed by atoms with Crippen LogP contribution in [0.3, 0.4) is 0 Å². The Labute approximate surface area is 100 Å². The molecule has 0 aliphatic heterocycles. The second kappa shape index (κ2) is 6.84. The van der Waals surface area contributed by atoms with Gasteiger partial charge in [-0.1, -0.05) is 31.0 Å². The number of aliphatic hydroxyl groups is 1. The van der Waals surface area contributed by atoms with E-state index in [-0.39, 0.29) is 11.1 Å². The summed E-state index contributed by atoms with van der Waals surface area (Å²) < 4.78 is 13.1. The molecule has 1 unspecified atom stereocenters. The minimum absolute atomic E-state index is 0.134. The van der Waals surface area contributed by atoms with Crippen LogP contribution < -0.4 is 5.32 Å². The second-order valence-corrected chi connectivity index (χ2v) is 4.23. The lowest BCUT2D eigenvalue weighted by atomic mass is 10.2. The van der Waals surface area contributed by atoms with Gasteiger partial charge in [0.1, 0.15) is 5.82 Å². The fraction of sp³-hybridized carbons (Fsp3) is 0.500. The summed E-state index contributed by atoms with van der Waals surface area (Å²) in [6.07, 6.45) is 1.41. The van der Waals surface area contributed by atoms with Gasteiger partial charge in [0.2, 0.25) is 0 Å². The number of halogens is 2. The van der Waals surface area contributed by atoms with E-state index < -0.39 is 5.82 Å². The SMILES string of the molecule is CCCC(O)CNCc1ccc(Cl)c(F)c1. The largest absolute Gasteiger partial charge is 0.392 e. The average molecular weight is 246 g/mol. The van der Waals surface area contributed by atoms with Gasteiger partial charge in [-0.25, -0.2) is 4.39 Å². The van der Waals surface area contributed by atoms with Crippen molar-refractivity contribution >= 4 is 11.6 Å². The number of benzene rings is 1. The van der Waals surface area contributed by atoms with Crippen molar-refractivity contribution in [2.45, 2.75) is 32.4 Å². The summed E-state index contributed by atoms with van der Waals surface area (Å²) in [5, 5.41) is 12.7. The molecule has 0 aliphatic rings. The first-order valence-corrected chi connectivity index (χ1v) is 5.84. The normalized spacial score (nSPS) is 12.8. The molecule has 0 heterocycles. The molecule has 0 bridgehead atoms. The predicted molar refractivity (Wildman–Crippen MR) is 64.0 cm³/mol. The maximum absolute atomic E-state index is 13.1. The highest BCUT2D eigenvalue weighted by molar-refractivity contribution is 6.30. The van der Waals surface area contributed by atoms with Crippen LogP contribution in [0.1, 0.15) is 25.3 Å². The summed E-state index contributed by atoms with van der Waals surface area (Å²) >= 11 is 5.57. The quantitative estimate of drug-likeness (QED) is 0.808. The van der Waals surface area contributed by atoms with Crippen molar-refractivity contribution < 1.29 is 9.50 Å². The van der Waals surface area contributed by atoms with E-state index in [1.54, 1.807) is 6.07 Å². The van der Waals surface area contributed by atoms with E-state index in [9.17, 15) is 9.50 Å². The summed E-state index contributed by atoms with van der Waals surface area (Å²) in [6.45, 7) is 3.09. The van der Waals surface area contributed by atoms with Crippen molar-refractivity contribution in [3.63, 3.8) is 0 Å². The summed E-state index contributed by atoms with van der Waals surface area (Å²) in [5.74, 6) is -0.407. The Kier molecular flexibility index (Phi) is 5.74. The molecule has 0 saturated heterocycles. The van der Waals surface area contributed by atoms with Crippen LogP contribution >= 0.6 is 11.6 Å². The molecular formula is C12H17ClFNO. The third-order valence-electron chi connectivity index (χ3n) is 2.31. The lowest BCUT2D eigenvalue weighted by molar-refractivity contribution is 0.160. The molecular weight excluding hydrogens is 229 g/mol. The molecule has 2 nitrogen and oxygen atoms in total. The first kappa shape index (κ1) is 13.4. The van der Waals surface area contributed by atoms with E-state index in [1.165, 1.54) is 12.1 Å². The smallest absolute Gasteiger partial charge is 0.142 e. The minimum atomic E-state index is -0.407. The van der Waals surface area contributed by atoms with Crippen molar-refractivity contribution in [1.29, 1.82) is 0 Å². The lowest BCUT2D eigenvalue weighted by Gasteiger charge is -2.10. The lowest BCUT2D eigenvalue weighted by Crippen LogP contribution is -2.26. The topological polar surface area (TPSA) is 32.3 Å². The highest BCUT2D eigenvalue weighted by atomic mass is 35.5. The summed E-state index contributed by atoms with van der Waals surface area (Å²) in [4.78, 5) is 0. The van der Waals surface area contributed by atoms with Crippen molar-refractivity contribution in [3.05, 3.63) is 34.6 Å². The van der Waals surface area contributed by atoms with Crippen LogP contribution in [-0.4, -0.2) is 17.8 Å². The number of rotatable bonds is 6. The van der Waals surface area contributed by atoms with Gasteiger partial charge in [-0.15, -0.1) is 0 Å². The number of nitrogens with one attached hydrogen (secondary N) is 1. The minimum Gasteiger partial charge on any atom is -0.392 e. The van der Waals surface area contributed by atoms with Crippen molar-refractivity contribution in [1.82, 2.24) is 5.32 Å². The first-order valence-electron chi connectivity index (χ1n) is 5.46. The van der Waals surface area contributed by atoms with E-state index in [0.717, 1.165) is 18.4 Å². The Morgan fingerprint density at radius 1 is 1.50 bits per heavy atom. The first-order chi connectivity index (χ1) is 7.63. The Balaban J connectivity index is 2.34. The molecule has 16 heavy (non-hydrogen) atoms. The highest BCUT2D eigenvalue weighted by Gasteiger charge is 2.03. The van der Waals surface area contributed by atoms with Crippen LogP contribution in [0.2, 0.25) is 5.02 Å². The van der Waals surface area contributed by atoms with Crippen molar-refractivity contribution in [2.24, 2.45) is 0 Å². The van der Waals surface area contributed by atoms with Gasteiger partial charge in [-0.2, -0.15) is 0 Å². The van der Waals surface area contributed by atoms with Gasteiger partial charge in [0, 0.05) is 13.1 Å². The molecule has 0 fully saturated rings. The molecule has 1 atom stereocenters. The zero-order valence-electron chi connectivity index (χ0n) is 9.34. The number of hydrogen-bond acceptors (Lipinski definition) is 2. The van der Waals surface area contributed by atoms with Gasteiger partial charge >= 0.3 is 0 Å². The van der Waals surface area contributed by atoms with Crippen LogP contribution in [0.25, 0.3) is 0 Å². The highest BCUT2D eigenvalue weighted by Crippen LogP contribution is 2.15. The summed E-state index contributed by atoms with van der Waals surface area (Å²) in [6, 6.07) is 4.71. The molecule has 90 valence electrons. The Bertz CT molecular complexity index is 333. The predicted octanol–water partition coefficient (Wildman–Crippen LogP) is 2.73. The molecule has 1 rings (SSSR count). The zero-order chi connectivity index (χ0) is 12.0. The van der Waals surface area contributed by atoms with E-state index in [0.29, 0.717) is 13.1 Å². The van der Waals surface area contributed by atoms with Crippen molar-refractivity contribution in [2.75, 3.05) is 6.54 Å². The van der Waals surface area contributed by atoms with Gasteiger partial charge in [0.05, 0.1) is 11.1 Å². The molecule has 0 spiro atoms. The average Bonchev–Trinajstić information content (AvgIpc) is 2.24. The van der Waals surface area contributed by atoms with Gasteiger partial charge < -0.3 is 10.4 Å². The Hall–Kier alpha value is -0.640. The molecule has 0 saturated carbocycles. The zero-order valence-corrected chi connectivity index (χ0v) is 10.1. The van der Waals surface area contributed by atoms with Crippen LogP contribution in [0.4, 0.5) is 4.39 Å². The molecule has 4 heteroatoms. The maximum Gasteiger partial charge on any atom is 0.142 e. The van der Waals surface area contributed by atoms with E-state index in [4.69, 9.17) is 11.6 Å². The molecule has 0 amide bonds. The van der Waals surface area contributed by atoms with Crippen LogP contribution in [0, 0.1) is 5.82 Å². The third-order valence-corrected chi connectivity index (χ3v) is 2.62. The van der Waals surface area contributed by atoms with Gasteiger partial charge in [-0.3, -0.25) is 0 Å². The van der Waals surface area contributed by atoms with Crippen LogP contribution in [0.5, 0.6) is 0 Å². The van der Waals surface area contributed by atoms with Crippen molar-refractivity contribution in [3.8, 4) is 0 Å². The third kappa shape index (κ3) is 4.47. The molecule has 1 aromatic carbocycles. The van der Waals surface area contributed by atoms with Gasteiger partial charge in [-0.05, 0) is 24.1 Å². The molecule has 2 N–H and O–H groups in total. The fourth-order valence-electron chi connectivity index (χ4n) is 1.47. The molecule has 0 aromatic heterocycles. The number of hydrogen-bond donors (Lipinski definition) is 2. The standard InChI is InChI=1S/C12H17ClFNO/c1-2-3-10(16)8-15-7-9-4-5-11(13)12(14)6-9/h4-6,10,15-16H,2-3,7-8H2,1H3. The van der Waals surface area contributed by atoms with Crippen LogP contribution in [-0.2, 0) is 6.54 Å². The van der Waals surface area contributed by atoms with Gasteiger partial charge in [0.25, 0.3) is 0 Å². The molecule has 0 radical (unpaired) electrons. The maximum atomic E-state index is 13.1. The van der Waals surface area contributed by atoms with E-state index >= 15 is 0 Å². The Morgan fingerprint density at radius 2 is 2.25 bits per heavy atom. The summed E-state index contributed by atoms with van der Waals surface area (Å²) in [5.41, 5.74) is 0.825. The van der Waals surface area contributed by atoms with Crippen LogP contribution in [0.15, 0.2) is 18.2 Å². The molecule has 1 aromatic rings. The van der Waals surface area contributed by atoms with Gasteiger partial charge in [0.15, 0.2) is 0 Å². The Morgan fingerprint density at radius 3 is 2.88 bits per heavy atom. The fourth-order valence-corrected chi connectivity index (χ4v) is 1.59. The number of aliphatic hydroxyl groups excluding tert-OH is 1. The second-order valence-electron chi connectivity index (χ2n) is 3.82. The monoisotopic (exact) mass is 245 g/mol. The van der Waals surface area contributed by atoms with E-state index in [2.05, 4.69) is 5.32 Å². The van der Waals surface area contributed by atoms with E-state index in [1.807, 2.05) is 6.92 Å². The molecule has 0 aliphatic carbocycles.